The van der Waals surface area contributed by atoms with Crippen molar-refractivity contribution in [3.63, 3.8) is 0 Å². The van der Waals surface area contributed by atoms with Crippen LogP contribution in [0.5, 0.6) is 0 Å². The van der Waals surface area contributed by atoms with Gasteiger partial charge in [-0.15, -0.1) is 0 Å². The van der Waals surface area contributed by atoms with E-state index >= 15 is 0 Å². The number of nitrogens with one attached hydrogen (secondary N) is 1. The number of piperidine rings is 1. The normalized spacial score (nSPS) is 54.3. The lowest BCUT2D eigenvalue weighted by Gasteiger charge is -2.52. The van der Waals surface area contributed by atoms with Crippen LogP contribution in [0.1, 0.15) is 91.9 Å². The molecule has 6 rings (SSSR count). The Balaban J connectivity index is 1.28. The summed E-state index contributed by atoms with van der Waals surface area (Å²) in [5.41, 5.74) is 3.95. The van der Waals surface area contributed by atoms with E-state index in [-0.39, 0.29) is 5.60 Å². The Bertz CT molecular complexity index is 803. The van der Waals surface area contributed by atoms with E-state index in [1.807, 2.05) is 5.57 Å². The van der Waals surface area contributed by atoms with E-state index in [1.54, 1.807) is 5.57 Å². The number of allylic oxidation sites excluding steroid dienone is 1. The fraction of sp³-hybridized carbons (Fsp3) is 0.893. The summed E-state index contributed by atoms with van der Waals surface area (Å²) in [6, 6.07) is 0.550. The van der Waals surface area contributed by atoms with Crippen LogP contribution in [0, 0.1) is 40.9 Å². The standard InChI is InChI=1S/C28H43NO2/c1-16-11-25-26(29-15-16)18(3)28(31-25)10-8-21-22-6-5-19-12-20(30)7-9-27(19,4)24(22)13-23(21)17(2)14-28/h16,18-19,21-22,24-26,29H,5-15H2,1-4H3/t16-,18+,19?,21-,22?,24-,25?,26-,27-,28-/m0/s1. The van der Waals surface area contributed by atoms with Crippen LogP contribution in [-0.4, -0.2) is 30.1 Å². The molecule has 0 radical (unpaired) electrons. The summed E-state index contributed by atoms with van der Waals surface area (Å²) >= 11 is 0. The van der Waals surface area contributed by atoms with Crippen LogP contribution < -0.4 is 5.32 Å². The van der Waals surface area contributed by atoms with Crippen LogP contribution in [0.2, 0.25) is 0 Å². The third kappa shape index (κ3) is 3.01. The van der Waals surface area contributed by atoms with Gasteiger partial charge in [-0.3, -0.25) is 4.79 Å². The first-order valence-electron chi connectivity index (χ1n) is 13.4. The third-order valence-corrected chi connectivity index (χ3v) is 11.4. The van der Waals surface area contributed by atoms with E-state index in [4.69, 9.17) is 4.74 Å². The van der Waals surface area contributed by atoms with Crippen molar-refractivity contribution in [2.75, 3.05) is 6.54 Å². The maximum absolute atomic E-state index is 12.2. The first kappa shape index (κ1) is 20.9. The number of hydrogen-bond acceptors (Lipinski definition) is 3. The van der Waals surface area contributed by atoms with Gasteiger partial charge in [0, 0.05) is 24.8 Å². The predicted octanol–water partition coefficient (Wildman–Crippen LogP) is 5.68. The summed E-state index contributed by atoms with van der Waals surface area (Å²) in [7, 11) is 0. The van der Waals surface area contributed by atoms with Crippen LogP contribution in [0.25, 0.3) is 0 Å². The molecule has 3 saturated carbocycles. The van der Waals surface area contributed by atoms with Crippen molar-refractivity contribution in [3.8, 4) is 0 Å². The molecule has 0 aromatic carbocycles. The van der Waals surface area contributed by atoms with E-state index in [1.165, 1.54) is 38.5 Å². The van der Waals surface area contributed by atoms with Crippen molar-refractivity contribution in [3.05, 3.63) is 11.1 Å². The van der Waals surface area contributed by atoms with E-state index < -0.39 is 0 Å². The molecule has 5 fully saturated rings. The zero-order chi connectivity index (χ0) is 21.5. The molecule has 0 aromatic rings. The van der Waals surface area contributed by atoms with Gasteiger partial charge in [0.2, 0.25) is 0 Å². The van der Waals surface area contributed by atoms with Gasteiger partial charge in [-0.2, -0.15) is 0 Å². The van der Waals surface area contributed by atoms with Gasteiger partial charge in [-0.25, -0.2) is 0 Å². The first-order chi connectivity index (χ1) is 14.8. The molecule has 4 aliphatic carbocycles. The largest absolute Gasteiger partial charge is 0.369 e. The number of ketones is 1. The highest BCUT2D eigenvalue weighted by atomic mass is 16.5. The van der Waals surface area contributed by atoms with Crippen LogP contribution in [0.3, 0.4) is 0 Å². The lowest BCUT2D eigenvalue weighted by Crippen LogP contribution is -2.48. The summed E-state index contributed by atoms with van der Waals surface area (Å²) < 4.78 is 7.01. The van der Waals surface area contributed by atoms with Gasteiger partial charge in [-0.05, 0) is 99.8 Å². The molecule has 3 nitrogen and oxygen atoms in total. The van der Waals surface area contributed by atoms with Gasteiger partial charge < -0.3 is 10.1 Å². The summed E-state index contributed by atoms with van der Waals surface area (Å²) in [5, 5.41) is 3.85. The predicted molar refractivity (Wildman–Crippen MR) is 124 cm³/mol. The van der Waals surface area contributed by atoms with E-state index in [2.05, 4.69) is 33.0 Å². The summed E-state index contributed by atoms with van der Waals surface area (Å²) in [4.78, 5) is 12.2. The molecule has 3 unspecified atom stereocenters. The average molecular weight is 426 g/mol. The van der Waals surface area contributed by atoms with Gasteiger partial charge in [0.1, 0.15) is 5.78 Å². The molecule has 0 amide bonds. The van der Waals surface area contributed by atoms with Gasteiger partial charge >= 0.3 is 0 Å². The average Bonchev–Trinajstić information content (AvgIpc) is 3.19. The Labute approximate surface area is 189 Å². The summed E-state index contributed by atoms with van der Waals surface area (Å²) in [6.07, 6.45) is 12.2. The number of carbonyl (C=O) groups excluding carboxylic acids is 1. The highest BCUT2D eigenvalue weighted by Crippen LogP contribution is 2.65. The SMILES string of the molecule is CC1=C2C[C@H]3C(CCC4CC(=O)CC[C@@]43C)[C@@H]2CC[C@@]2(C1)OC1C[C@H](C)CN[C@H]1[C@H]2C. The van der Waals surface area contributed by atoms with Crippen LogP contribution >= 0.6 is 0 Å². The maximum atomic E-state index is 12.2. The molecule has 10 atom stereocenters. The summed E-state index contributed by atoms with van der Waals surface area (Å²) in [5.74, 6) is 4.97. The second kappa shape index (κ2) is 7.16. The number of carbonyl (C=O) groups is 1. The van der Waals surface area contributed by atoms with E-state index in [9.17, 15) is 4.79 Å². The van der Waals surface area contributed by atoms with Crippen molar-refractivity contribution in [1.29, 1.82) is 0 Å². The van der Waals surface area contributed by atoms with Crippen molar-refractivity contribution in [2.24, 2.45) is 40.9 Å². The number of ether oxygens (including phenoxy) is 1. The van der Waals surface area contributed by atoms with Crippen LogP contribution in [0.15, 0.2) is 11.1 Å². The minimum absolute atomic E-state index is 0.0572. The minimum Gasteiger partial charge on any atom is -0.369 e. The minimum atomic E-state index is 0.0572. The molecular weight excluding hydrogens is 382 g/mol. The molecule has 0 bridgehead atoms. The van der Waals surface area contributed by atoms with E-state index in [0.717, 1.165) is 55.9 Å². The van der Waals surface area contributed by atoms with E-state index in [0.29, 0.717) is 35.2 Å². The molecule has 2 heterocycles. The Morgan fingerprint density at radius 2 is 1.94 bits per heavy atom. The van der Waals surface area contributed by atoms with Crippen LogP contribution in [-0.2, 0) is 9.53 Å². The maximum Gasteiger partial charge on any atom is 0.133 e. The number of hydrogen-bond donors (Lipinski definition) is 1. The molecule has 2 saturated heterocycles. The van der Waals surface area contributed by atoms with Crippen molar-refractivity contribution in [1.82, 2.24) is 5.32 Å². The van der Waals surface area contributed by atoms with Crippen molar-refractivity contribution < 1.29 is 9.53 Å². The van der Waals surface area contributed by atoms with Gasteiger partial charge in [0.15, 0.2) is 0 Å². The molecule has 3 heteroatoms. The zero-order valence-corrected chi connectivity index (χ0v) is 20.2. The van der Waals surface area contributed by atoms with Gasteiger partial charge in [-0.1, -0.05) is 31.9 Å². The fourth-order valence-electron chi connectivity index (χ4n) is 9.61. The Morgan fingerprint density at radius 3 is 2.77 bits per heavy atom. The zero-order valence-electron chi connectivity index (χ0n) is 20.2. The topological polar surface area (TPSA) is 38.3 Å². The molecule has 31 heavy (non-hydrogen) atoms. The molecule has 6 aliphatic rings. The summed E-state index contributed by atoms with van der Waals surface area (Å²) in [6.45, 7) is 11.0. The highest BCUT2D eigenvalue weighted by molar-refractivity contribution is 5.79. The first-order valence-corrected chi connectivity index (χ1v) is 13.4. The molecule has 172 valence electrons. The van der Waals surface area contributed by atoms with Crippen LogP contribution in [0.4, 0.5) is 0 Å². The molecule has 2 aliphatic heterocycles. The molecule has 1 N–H and O–H groups in total. The molecule has 1 spiro atoms. The Kier molecular flexibility index (Phi) is 4.83. The van der Waals surface area contributed by atoms with Crippen molar-refractivity contribution in [2.45, 2.75) is 110 Å². The second-order valence-corrected chi connectivity index (χ2v) is 12.9. The lowest BCUT2D eigenvalue weighted by molar-refractivity contribution is -0.129. The van der Waals surface area contributed by atoms with Gasteiger partial charge in [0.25, 0.3) is 0 Å². The second-order valence-electron chi connectivity index (χ2n) is 12.9. The quantitative estimate of drug-likeness (QED) is 0.507. The molecule has 0 aromatic heterocycles. The van der Waals surface area contributed by atoms with Gasteiger partial charge in [0.05, 0.1) is 11.7 Å². The number of Topliss-reactive ketones (excluding diaryl/α,β-unsaturated/α-hetero) is 1. The highest BCUT2D eigenvalue weighted by Gasteiger charge is 2.59. The number of fused-ring (bicyclic) bond motifs is 6. The van der Waals surface area contributed by atoms with Crippen molar-refractivity contribution >= 4 is 5.78 Å². The third-order valence-electron chi connectivity index (χ3n) is 11.4. The Morgan fingerprint density at radius 1 is 1.10 bits per heavy atom. The number of rotatable bonds is 0. The monoisotopic (exact) mass is 425 g/mol. The smallest absolute Gasteiger partial charge is 0.133 e. The molecular formula is C28H43NO2. The Hall–Kier alpha value is -0.670. The fourth-order valence-corrected chi connectivity index (χ4v) is 9.61. The lowest BCUT2D eigenvalue weighted by atomic mass is 9.52.